The molecule has 0 aromatic heterocycles. The first-order valence-electron chi connectivity index (χ1n) is 5.79. The van der Waals surface area contributed by atoms with E-state index in [1.807, 2.05) is 31.2 Å². The van der Waals surface area contributed by atoms with E-state index in [0.717, 1.165) is 24.1 Å². The predicted molar refractivity (Wildman–Crippen MR) is 67.4 cm³/mol. The van der Waals surface area contributed by atoms with Gasteiger partial charge in [0.2, 0.25) is 5.91 Å². The van der Waals surface area contributed by atoms with E-state index >= 15 is 0 Å². The van der Waals surface area contributed by atoms with Crippen molar-refractivity contribution in [3.05, 3.63) is 35.4 Å². The summed E-state index contributed by atoms with van der Waals surface area (Å²) in [4.78, 5) is 11.4. The van der Waals surface area contributed by atoms with Gasteiger partial charge in [0.15, 0.2) is 0 Å². The van der Waals surface area contributed by atoms with E-state index in [1.54, 1.807) is 7.11 Å². The molecule has 0 bridgehead atoms. The van der Waals surface area contributed by atoms with E-state index in [2.05, 4.69) is 5.32 Å². The highest BCUT2D eigenvalue weighted by Gasteiger charge is 2.16. The quantitative estimate of drug-likeness (QED) is 0.751. The first-order chi connectivity index (χ1) is 8.19. The molecule has 4 nitrogen and oxygen atoms in total. The van der Waals surface area contributed by atoms with Crippen LogP contribution in [0.2, 0.25) is 0 Å². The molecule has 1 aromatic rings. The van der Waals surface area contributed by atoms with E-state index in [1.165, 1.54) is 0 Å². The first-order valence-corrected chi connectivity index (χ1v) is 5.79. The molecule has 0 aliphatic rings. The highest BCUT2D eigenvalue weighted by atomic mass is 16.5. The number of ether oxygens (including phenoxy) is 1. The van der Waals surface area contributed by atoms with Crippen molar-refractivity contribution in [3.63, 3.8) is 0 Å². The van der Waals surface area contributed by atoms with Crippen molar-refractivity contribution in [2.75, 3.05) is 13.7 Å². The molecule has 0 fully saturated rings. The lowest BCUT2D eigenvalue weighted by atomic mass is 10.0. The molecule has 94 valence electrons. The van der Waals surface area contributed by atoms with Gasteiger partial charge in [-0.2, -0.15) is 0 Å². The van der Waals surface area contributed by atoms with Crippen LogP contribution in [0.3, 0.4) is 0 Å². The second-order valence-corrected chi connectivity index (χ2v) is 3.96. The Hall–Kier alpha value is -1.39. The number of carbonyl (C=O) groups is 1. The van der Waals surface area contributed by atoms with Gasteiger partial charge in [-0.3, -0.25) is 4.79 Å². The number of primary amides is 1. The summed E-state index contributed by atoms with van der Waals surface area (Å²) < 4.78 is 5.03. The maximum atomic E-state index is 11.4. The molecule has 3 N–H and O–H groups in total. The lowest BCUT2D eigenvalue weighted by Crippen LogP contribution is -2.34. The number of rotatable bonds is 7. The zero-order valence-corrected chi connectivity index (χ0v) is 10.4. The first kappa shape index (κ1) is 13.7. The van der Waals surface area contributed by atoms with Gasteiger partial charge in [0, 0.05) is 7.11 Å². The Balaban J connectivity index is 2.76. The van der Waals surface area contributed by atoms with Crippen LogP contribution in [-0.4, -0.2) is 19.6 Å². The Morgan fingerprint density at radius 3 is 2.53 bits per heavy atom. The minimum Gasteiger partial charge on any atom is -0.380 e. The number of hydrogen-bond acceptors (Lipinski definition) is 3. The number of methoxy groups -OCH3 is 1. The van der Waals surface area contributed by atoms with Crippen LogP contribution in [0.25, 0.3) is 0 Å². The number of carbonyl (C=O) groups excluding carboxylic acids is 1. The van der Waals surface area contributed by atoms with Crippen molar-refractivity contribution < 1.29 is 9.53 Å². The normalized spacial score (nSPS) is 12.4. The number of hydrogen-bond donors (Lipinski definition) is 2. The fourth-order valence-electron chi connectivity index (χ4n) is 1.64. The van der Waals surface area contributed by atoms with E-state index in [0.29, 0.717) is 6.61 Å². The molecule has 4 heteroatoms. The molecule has 1 aromatic carbocycles. The summed E-state index contributed by atoms with van der Waals surface area (Å²) in [6.45, 7) is 3.39. The monoisotopic (exact) mass is 236 g/mol. The highest BCUT2D eigenvalue weighted by molar-refractivity contribution is 5.81. The predicted octanol–water partition coefficient (Wildman–Crippen LogP) is 1.36. The zero-order chi connectivity index (χ0) is 12.7. The van der Waals surface area contributed by atoms with Crippen LogP contribution in [0.1, 0.15) is 30.5 Å². The van der Waals surface area contributed by atoms with Crippen molar-refractivity contribution in [3.8, 4) is 0 Å². The zero-order valence-electron chi connectivity index (χ0n) is 10.4. The fraction of sp³-hybridized carbons (Fsp3) is 0.462. The summed E-state index contributed by atoms with van der Waals surface area (Å²) >= 11 is 0. The molecular weight excluding hydrogens is 216 g/mol. The average Bonchev–Trinajstić information content (AvgIpc) is 2.31. The number of benzene rings is 1. The van der Waals surface area contributed by atoms with Gasteiger partial charge in [-0.25, -0.2) is 0 Å². The molecule has 0 saturated heterocycles. The second-order valence-electron chi connectivity index (χ2n) is 3.96. The van der Waals surface area contributed by atoms with Crippen molar-refractivity contribution in [2.45, 2.75) is 26.0 Å². The van der Waals surface area contributed by atoms with Crippen LogP contribution in [-0.2, 0) is 16.1 Å². The Kier molecular flexibility index (Phi) is 5.66. The van der Waals surface area contributed by atoms with Gasteiger partial charge in [0.1, 0.15) is 6.04 Å². The Bertz CT molecular complexity index is 349. The number of nitrogens with one attached hydrogen (secondary N) is 1. The SMILES string of the molecule is CCCNC(C(N)=O)c1ccc(COC)cc1. The smallest absolute Gasteiger partial charge is 0.239 e. The third kappa shape index (κ3) is 4.17. The van der Waals surface area contributed by atoms with Gasteiger partial charge in [0.05, 0.1) is 6.61 Å². The third-order valence-corrected chi connectivity index (χ3v) is 2.51. The number of amides is 1. The highest BCUT2D eigenvalue weighted by Crippen LogP contribution is 2.14. The second kappa shape index (κ2) is 7.04. The van der Waals surface area contributed by atoms with E-state index in [-0.39, 0.29) is 5.91 Å². The van der Waals surface area contributed by atoms with Crippen LogP contribution in [0.15, 0.2) is 24.3 Å². The Morgan fingerprint density at radius 1 is 1.41 bits per heavy atom. The summed E-state index contributed by atoms with van der Waals surface area (Å²) in [5, 5.41) is 3.13. The molecule has 1 rings (SSSR count). The molecule has 17 heavy (non-hydrogen) atoms. The van der Waals surface area contributed by atoms with Crippen molar-refractivity contribution in [2.24, 2.45) is 5.73 Å². The molecule has 1 unspecified atom stereocenters. The van der Waals surface area contributed by atoms with Crippen molar-refractivity contribution in [1.82, 2.24) is 5.32 Å². The van der Waals surface area contributed by atoms with Crippen LogP contribution in [0.5, 0.6) is 0 Å². The van der Waals surface area contributed by atoms with Gasteiger partial charge in [-0.15, -0.1) is 0 Å². The Morgan fingerprint density at radius 2 is 2.06 bits per heavy atom. The number of nitrogens with two attached hydrogens (primary N) is 1. The van der Waals surface area contributed by atoms with Crippen LogP contribution >= 0.6 is 0 Å². The fourth-order valence-corrected chi connectivity index (χ4v) is 1.64. The van der Waals surface area contributed by atoms with Crippen molar-refractivity contribution >= 4 is 5.91 Å². The standard InChI is InChI=1S/C13H20N2O2/c1-3-8-15-12(13(14)16)11-6-4-10(5-7-11)9-17-2/h4-7,12,15H,3,8-9H2,1-2H3,(H2,14,16). The molecule has 0 saturated carbocycles. The molecule has 0 aliphatic heterocycles. The largest absolute Gasteiger partial charge is 0.380 e. The summed E-state index contributed by atoms with van der Waals surface area (Å²) in [6, 6.07) is 7.30. The summed E-state index contributed by atoms with van der Waals surface area (Å²) in [7, 11) is 1.66. The van der Waals surface area contributed by atoms with E-state index in [4.69, 9.17) is 10.5 Å². The average molecular weight is 236 g/mol. The molecule has 0 heterocycles. The van der Waals surface area contributed by atoms with E-state index in [9.17, 15) is 4.79 Å². The molecule has 1 atom stereocenters. The lowest BCUT2D eigenvalue weighted by molar-refractivity contribution is -0.120. The maximum Gasteiger partial charge on any atom is 0.239 e. The van der Waals surface area contributed by atoms with Crippen LogP contribution in [0, 0.1) is 0 Å². The minimum absolute atomic E-state index is 0.349. The summed E-state index contributed by atoms with van der Waals surface area (Å²) in [6.07, 6.45) is 0.964. The van der Waals surface area contributed by atoms with Gasteiger partial charge < -0.3 is 15.8 Å². The molecular formula is C13H20N2O2. The molecule has 0 spiro atoms. The van der Waals surface area contributed by atoms with E-state index < -0.39 is 6.04 Å². The van der Waals surface area contributed by atoms with Gasteiger partial charge in [-0.05, 0) is 24.1 Å². The molecule has 0 radical (unpaired) electrons. The minimum atomic E-state index is -0.411. The van der Waals surface area contributed by atoms with Gasteiger partial charge in [0.25, 0.3) is 0 Å². The van der Waals surface area contributed by atoms with Crippen molar-refractivity contribution in [1.29, 1.82) is 0 Å². The maximum absolute atomic E-state index is 11.4. The van der Waals surface area contributed by atoms with Crippen LogP contribution < -0.4 is 11.1 Å². The molecule has 1 amide bonds. The summed E-state index contributed by atoms with van der Waals surface area (Å²) in [5.41, 5.74) is 7.35. The Labute approximate surface area is 102 Å². The van der Waals surface area contributed by atoms with Crippen LogP contribution in [0.4, 0.5) is 0 Å². The van der Waals surface area contributed by atoms with Gasteiger partial charge in [-0.1, -0.05) is 31.2 Å². The third-order valence-electron chi connectivity index (χ3n) is 2.51. The molecule has 0 aliphatic carbocycles. The summed E-state index contributed by atoms with van der Waals surface area (Å²) in [5.74, 6) is -0.349. The topological polar surface area (TPSA) is 64.3 Å². The lowest BCUT2D eigenvalue weighted by Gasteiger charge is -2.15. The van der Waals surface area contributed by atoms with Gasteiger partial charge >= 0.3 is 0 Å².